The van der Waals surface area contributed by atoms with Gasteiger partial charge in [-0.2, -0.15) is 0 Å². The number of carbonyl (C=O) groups excluding carboxylic acids is 1. The molecule has 0 saturated carbocycles. The maximum absolute atomic E-state index is 13.3. The van der Waals surface area contributed by atoms with E-state index in [1.165, 1.54) is 0 Å². The highest BCUT2D eigenvalue weighted by molar-refractivity contribution is 6.60. The summed E-state index contributed by atoms with van der Waals surface area (Å²) in [6.45, 7) is 7.63. The molecule has 0 aromatic heterocycles. The SMILES string of the molecule is CCO[Si](CCCCC(=O)c1c2ccccc2cc2ccccc12)(OCC)OCC. The van der Waals surface area contributed by atoms with Gasteiger partial charge in [0, 0.05) is 37.8 Å². The van der Waals surface area contributed by atoms with E-state index < -0.39 is 8.80 Å². The molecule has 3 rings (SSSR count). The van der Waals surface area contributed by atoms with Crippen molar-refractivity contribution < 1.29 is 18.1 Å². The van der Waals surface area contributed by atoms with Crippen molar-refractivity contribution in [3.05, 3.63) is 60.2 Å². The Labute approximate surface area is 180 Å². The van der Waals surface area contributed by atoms with Crippen molar-refractivity contribution in [1.82, 2.24) is 0 Å². The third kappa shape index (κ3) is 5.16. The zero-order valence-corrected chi connectivity index (χ0v) is 19.3. The molecule has 160 valence electrons. The van der Waals surface area contributed by atoms with Crippen LogP contribution < -0.4 is 0 Å². The van der Waals surface area contributed by atoms with Crippen LogP contribution in [0, 0.1) is 0 Å². The van der Waals surface area contributed by atoms with E-state index in [1.807, 2.05) is 57.2 Å². The summed E-state index contributed by atoms with van der Waals surface area (Å²) in [5.74, 6) is 0.194. The van der Waals surface area contributed by atoms with Crippen LogP contribution >= 0.6 is 0 Å². The molecule has 30 heavy (non-hydrogen) atoms. The second-order valence-corrected chi connectivity index (χ2v) is 10.0. The Morgan fingerprint density at radius 1 is 0.767 bits per heavy atom. The van der Waals surface area contributed by atoms with Gasteiger partial charge in [0.05, 0.1) is 0 Å². The van der Waals surface area contributed by atoms with Crippen LogP contribution in [0.25, 0.3) is 21.5 Å². The van der Waals surface area contributed by atoms with Gasteiger partial charge in [0.25, 0.3) is 0 Å². The Morgan fingerprint density at radius 3 is 1.77 bits per heavy atom. The summed E-state index contributed by atoms with van der Waals surface area (Å²) in [5.41, 5.74) is 0.839. The first kappa shape index (κ1) is 22.6. The maximum atomic E-state index is 13.3. The summed E-state index contributed by atoms with van der Waals surface area (Å²) in [5, 5.41) is 4.27. The Morgan fingerprint density at radius 2 is 1.27 bits per heavy atom. The van der Waals surface area contributed by atoms with Crippen LogP contribution in [0.4, 0.5) is 0 Å². The zero-order chi connectivity index (χ0) is 21.4. The van der Waals surface area contributed by atoms with Gasteiger partial charge >= 0.3 is 8.80 Å². The molecule has 0 heterocycles. The Kier molecular flexibility index (Phi) is 8.16. The minimum absolute atomic E-state index is 0.194. The fraction of sp³-hybridized carbons (Fsp3) is 0.400. The first-order valence-corrected chi connectivity index (χ1v) is 12.9. The van der Waals surface area contributed by atoms with Crippen LogP contribution in [-0.2, 0) is 13.3 Å². The van der Waals surface area contributed by atoms with Gasteiger partial charge < -0.3 is 13.3 Å². The molecule has 3 aromatic rings. The number of unbranched alkanes of at least 4 members (excludes halogenated alkanes) is 1. The van der Waals surface area contributed by atoms with Crippen LogP contribution in [0.3, 0.4) is 0 Å². The summed E-state index contributed by atoms with van der Waals surface area (Å²) in [7, 11) is -2.65. The summed E-state index contributed by atoms with van der Waals surface area (Å²) in [6, 6.07) is 19.2. The molecule has 0 atom stereocenters. The third-order valence-electron chi connectivity index (χ3n) is 5.28. The van der Waals surface area contributed by atoms with Gasteiger partial charge in [-0.1, -0.05) is 48.5 Å². The van der Waals surface area contributed by atoms with E-state index in [4.69, 9.17) is 13.3 Å². The Hall–Kier alpha value is -2.05. The predicted octanol–water partition coefficient (Wildman–Crippen LogP) is 6.39. The zero-order valence-electron chi connectivity index (χ0n) is 18.3. The van der Waals surface area contributed by atoms with E-state index >= 15 is 0 Å². The molecule has 0 aliphatic heterocycles. The van der Waals surface area contributed by atoms with Gasteiger partial charge in [-0.05, 0) is 61.2 Å². The fourth-order valence-electron chi connectivity index (χ4n) is 4.07. The molecule has 0 saturated heterocycles. The first-order valence-electron chi connectivity index (χ1n) is 11.0. The number of rotatable bonds is 12. The number of hydrogen-bond acceptors (Lipinski definition) is 4. The summed E-state index contributed by atoms with van der Waals surface area (Å²) in [4.78, 5) is 13.3. The smallest absolute Gasteiger partial charge is 0.374 e. The quantitative estimate of drug-likeness (QED) is 0.146. The third-order valence-corrected chi connectivity index (χ3v) is 8.43. The molecular weight excluding hydrogens is 392 g/mol. The molecule has 0 fully saturated rings. The molecule has 0 aliphatic carbocycles. The predicted molar refractivity (Wildman–Crippen MR) is 125 cm³/mol. The monoisotopic (exact) mass is 424 g/mol. The molecule has 0 N–H and O–H groups in total. The lowest BCUT2D eigenvalue weighted by atomic mass is 9.92. The average Bonchev–Trinajstić information content (AvgIpc) is 2.75. The van der Waals surface area contributed by atoms with Crippen molar-refractivity contribution in [3.8, 4) is 0 Å². The molecule has 0 aliphatic rings. The van der Waals surface area contributed by atoms with Gasteiger partial charge in [-0.3, -0.25) is 4.79 Å². The molecule has 4 nitrogen and oxygen atoms in total. The number of hydrogen-bond donors (Lipinski definition) is 0. The van der Waals surface area contributed by atoms with E-state index in [1.54, 1.807) is 0 Å². The van der Waals surface area contributed by atoms with Crippen molar-refractivity contribution in [3.63, 3.8) is 0 Å². The van der Waals surface area contributed by atoms with E-state index in [0.29, 0.717) is 26.2 Å². The normalized spacial score (nSPS) is 12.0. The highest BCUT2D eigenvalue weighted by atomic mass is 28.4. The molecule has 0 unspecified atom stereocenters. The van der Waals surface area contributed by atoms with Crippen molar-refractivity contribution in [2.75, 3.05) is 19.8 Å². The lowest BCUT2D eigenvalue weighted by Gasteiger charge is -2.28. The van der Waals surface area contributed by atoms with Crippen LogP contribution in [0.15, 0.2) is 54.6 Å². The second kappa shape index (κ2) is 10.8. The number of carbonyl (C=O) groups is 1. The van der Waals surface area contributed by atoms with E-state index in [0.717, 1.165) is 46.0 Å². The fourth-order valence-corrected chi connectivity index (χ4v) is 6.75. The standard InChI is InChI=1S/C25H32O4Si/c1-4-27-30(28-5-2,29-6-3)18-12-11-17-24(26)25-22-15-9-7-13-20(22)19-21-14-8-10-16-23(21)25/h7-10,13-16,19H,4-6,11-12,17-18H2,1-3H3. The molecule has 0 radical (unpaired) electrons. The highest BCUT2D eigenvalue weighted by Crippen LogP contribution is 2.30. The highest BCUT2D eigenvalue weighted by Gasteiger charge is 2.39. The van der Waals surface area contributed by atoms with Gasteiger partial charge in [0.2, 0.25) is 0 Å². The second-order valence-electron chi connectivity index (χ2n) is 7.31. The van der Waals surface area contributed by atoms with Crippen molar-refractivity contribution in [1.29, 1.82) is 0 Å². The summed E-state index contributed by atoms with van der Waals surface area (Å²) >= 11 is 0. The summed E-state index contributed by atoms with van der Waals surface area (Å²) in [6.07, 6.45) is 2.14. The van der Waals surface area contributed by atoms with Gasteiger partial charge in [0.1, 0.15) is 0 Å². The number of ketones is 1. The molecule has 0 amide bonds. The van der Waals surface area contributed by atoms with Crippen LogP contribution in [0.1, 0.15) is 50.4 Å². The Bertz CT molecular complexity index is 914. The molecular formula is C25H32O4Si. The van der Waals surface area contributed by atoms with Crippen molar-refractivity contribution in [2.24, 2.45) is 0 Å². The van der Waals surface area contributed by atoms with Gasteiger partial charge in [-0.25, -0.2) is 0 Å². The van der Waals surface area contributed by atoms with Crippen molar-refractivity contribution in [2.45, 2.75) is 46.1 Å². The van der Waals surface area contributed by atoms with Crippen LogP contribution in [0.5, 0.6) is 0 Å². The minimum atomic E-state index is -2.65. The Balaban J connectivity index is 1.75. The molecule has 0 bridgehead atoms. The number of benzene rings is 3. The van der Waals surface area contributed by atoms with E-state index in [-0.39, 0.29) is 5.78 Å². The lowest BCUT2D eigenvalue weighted by Crippen LogP contribution is -2.45. The lowest BCUT2D eigenvalue weighted by molar-refractivity contribution is 0.0703. The molecule has 0 spiro atoms. The van der Waals surface area contributed by atoms with Crippen molar-refractivity contribution >= 4 is 36.1 Å². The van der Waals surface area contributed by atoms with Crippen LogP contribution in [0.2, 0.25) is 6.04 Å². The number of Topliss-reactive ketones (excluding diaryl/α,β-unsaturated/α-hetero) is 1. The van der Waals surface area contributed by atoms with E-state index in [9.17, 15) is 4.79 Å². The minimum Gasteiger partial charge on any atom is -0.374 e. The van der Waals surface area contributed by atoms with Crippen LogP contribution in [-0.4, -0.2) is 34.4 Å². The van der Waals surface area contributed by atoms with E-state index in [2.05, 4.69) is 18.2 Å². The summed E-state index contributed by atoms with van der Waals surface area (Å²) < 4.78 is 17.8. The largest absolute Gasteiger partial charge is 0.500 e. The number of fused-ring (bicyclic) bond motifs is 2. The first-order chi connectivity index (χ1) is 14.6. The van der Waals surface area contributed by atoms with Gasteiger partial charge in [-0.15, -0.1) is 0 Å². The molecule has 5 heteroatoms. The average molecular weight is 425 g/mol. The maximum Gasteiger partial charge on any atom is 0.500 e. The molecule has 3 aromatic carbocycles. The van der Waals surface area contributed by atoms with Gasteiger partial charge in [0.15, 0.2) is 5.78 Å². The topological polar surface area (TPSA) is 44.8 Å².